The highest BCUT2D eigenvalue weighted by Crippen LogP contribution is 2.26. The van der Waals surface area contributed by atoms with Crippen LogP contribution in [0.1, 0.15) is 21.5 Å². The molecule has 0 atom stereocenters. The fourth-order valence-electron chi connectivity index (χ4n) is 1.99. The van der Waals surface area contributed by atoms with E-state index in [0.717, 1.165) is 16.3 Å². The van der Waals surface area contributed by atoms with Crippen molar-refractivity contribution in [3.63, 3.8) is 0 Å². The maximum atomic E-state index is 11.4. The van der Waals surface area contributed by atoms with Crippen molar-refractivity contribution in [1.29, 1.82) is 0 Å². The highest BCUT2D eigenvalue weighted by Gasteiger charge is 2.11. The van der Waals surface area contributed by atoms with Gasteiger partial charge in [-0.25, -0.2) is 0 Å². The maximum absolute atomic E-state index is 11.4. The van der Waals surface area contributed by atoms with E-state index in [-0.39, 0.29) is 5.24 Å². The minimum atomic E-state index is -0.385. The smallest absolute Gasteiger partial charge is 0.253 e. The number of aryl methyl sites for hydroxylation is 2. The molecular formula is C13H11ClO. The number of carbonyl (C=O) groups is 1. The average Bonchev–Trinajstić information content (AvgIpc) is 2.17. The van der Waals surface area contributed by atoms with Crippen LogP contribution in [0.25, 0.3) is 10.8 Å². The molecule has 2 aromatic carbocycles. The van der Waals surface area contributed by atoms with E-state index in [1.807, 2.05) is 44.2 Å². The topological polar surface area (TPSA) is 17.1 Å². The molecule has 0 spiro atoms. The summed E-state index contributed by atoms with van der Waals surface area (Å²) >= 11 is 5.60. The van der Waals surface area contributed by atoms with E-state index in [1.54, 1.807) is 0 Å². The van der Waals surface area contributed by atoms with Crippen molar-refractivity contribution in [3.8, 4) is 0 Å². The van der Waals surface area contributed by atoms with E-state index < -0.39 is 0 Å². The third-order valence-electron chi connectivity index (χ3n) is 2.65. The summed E-state index contributed by atoms with van der Waals surface area (Å²) in [5.41, 5.74) is 2.73. The highest BCUT2D eigenvalue weighted by atomic mass is 35.5. The molecule has 1 nitrogen and oxygen atoms in total. The molecule has 0 saturated heterocycles. The summed E-state index contributed by atoms with van der Waals surface area (Å²) < 4.78 is 0. The minimum absolute atomic E-state index is 0.385. The van der Waals surface area contributed by atoms with Gasteiger partial charge in [-0.05, 0) is 47.3 Å². The Labute approximate surface area is 93.7 Å². The fourth-order valence-corrected chi connectivity index (χ4v) is 2.24. The molecule has 0 aliphatic carbocycles. The van der Waals surface area contributed by atoms with Crippen molar-refractivity contribution in [2.75, 3.05) is 0 Å². The van der Waals surface area contributed by atoms with Crippen LogP contribution in [0.2, 0.25) is 0 Å². The lowest BCUT2D eigenvalue weighted by molar-refractivity contribution is 0.108. The molecule has 2 rings (SSSR count). The summed E-state index contributed by atoms with van der Waals surface area (Å²) in [6.45, 7) is 3.95. The zero-order valence-electron chi connectivity index (χ0n) is 8.67. The average molecular weight is 219 g/mol. The molecule has 0 fully saturated rings. The van der Waals surface area contributed by atoms with Crippen LogP contribution in [0.5, 0.6) is 0 Å². The van der Waals surface area contributed by atoms with E-state index in [9.17, 15) is 4.79 Å². The quantitative estimate of drug-likeness (QED) is 0.665. The Morgan fingerprint density at radius 3 is 2.27 bits per heavy atom. The molecular weight excluding hydrogens is 208 g/mol. The first-order chi connectivity index (χ1) is 7.11. The second kappa shape index (κ2) is 3.67. The van der Waals surface area contributed by atoms with Crippen molar-refractivity contribution >= 4 is 27.6 Å². The Balaban J connectivity index is 2.96. The molecule has 0 radical (unpaired) electrons. The normalized spacial score (nSPS) is 10.6. The van der Waals surface area contributed by atoms with Crippen LogP contribution in [0.15, 0.2) is 30.3 Å². The summed E-state index contributed by atoms with van der Waals surface area (Å²) in [7, 11) is 0. The molecule has 0 unspecified atom stereocenters. The molecule has 15 heavy (non-hydrogen) atoms. The second-order valence-corrected chi connectivity index (χ2v) is 4.05. The summed E-state index contributed by atoms with van der Waals surface area (Å²) in [6.07, 6.45) is 0. The van der Waals surface area contributed by atoms with E-state index in [2.05, 4.69) is 0 Å². The van der Waals surface area contributed by atoms with Crippen molar-refractivity contribution in [2.45, 2.75) is 13.8 Å². The van der Waals surface area contributed by atoms with Crippen molar-refractivity contribution < 1.29 is 4.79 Å². The number of fused-ring (bicyclic) bond motifs is 1. The Morgan fingerprint density at radius 2 is 1.67 bits per heavy atom. The number of halogens is 1. The minimum Gasteiger partial charge on any atom is -0.276 e. The van der Waals surface area contributed by atoms with Crippen LogP contribution >= 0.6 is 11.6 Å². The van der Waals surface area contributed by atoms with E-state index in [4.69, 9.17) is 11.6 Å². The van der Waals surface area contributed by atoms with Crippen LogP contribution in [0, 0.1) is 13.8 Å². The fraction of sp³-hybridized carbons (Fsp3) is 0.154. The molecule has 0 aromatic heterocycles. The number of benzene rings is 2. The molecule has 0 aliphatic rings. The predicted molar refractivity (Wildman–Crippen MR) is 63.6 cm³/mol. The molecule has 2 heteroatoms. The number of hydrogen-bond acceptors (Lipinski definition) is 1. The lowest BCUT2D eigenvalue weighted by Crippen LogP contribution is -1.96. The third-order valence-corrected chi connectivity index (χ3v) is 2.83. The van der Waals surface area contributed by atoms with E-state index in [1.165, 1.54) is 5.56 Å². The largest absolute Gasteiger partial charge is 0.276 e. The van der Waals surface area contributed by atoms with Gasteiger partial charge in [0.2, 0.25) is 0 Å². The molecule has 76 valence electrons. The van der Waals surface area contributed by atoms with Gasteiger partial charge in [0.15, 0.2) is 0 Å². The highest BCUT2D eigenvalue weighted by molar-refractivity contribution is 6.68. The summed E-state index contributed by atoms with van der Waals surface area (Å²) in [4.78, 5) is 11.4. The van der Waals surface area contributed by atoms with Gasteiger partial charge in [0.25, 0.3) is 5.24 Å². The van der Waals surface area contributed by atoms with Gasteiger partial charge in [0.05, 0.1) is 0 Å². The summed E-state index contributed by atoms with van der Waals surface area (Å²) in [5.74, 6) is 0. The predicted octanol–water partition coefficient (Wildman–Crippen LogP) is 3.84. The van der Waals surface area contributed by atoms with Gasteiger partial charge in [-0.15, -0.1) is 0 Å². The van der Waals surface area contributed by atoms with Gasteiger partial charge < -0.3 is 0 Å². The Kier molecular flexibility index (Phi) is 2.49. The second-order valence-electron chi connectivity index (χ2n) is 3.70. The standard InChI is InChI=1S/C13H11ClO/c1-8-7-9(2)12(13(14)15)11-6-4-3-5-10(8)11/h3-7H,1-2H3. The van der Waals surface area contributed by atoms with Crippen LogP contribution < -0.4 is 0 Å². The van der Waals surface area contributed by atoms with Gasteiger partial charge >= 0.3 is 0 Å². The number of carbonyl (C=O) groups excluding carboxylic acids is 1. The molecule has 0 bridgehead atoms. The molecule has 0 saturated carbocycles. The summed E-state index contributed by atoms with van der Waals surface area (Å²) in [6, 6.07) is 9.83. The van der Waals surface area contributed by atoms with E-state index >= 15 is 0 Å². The SMILES string of the molecule is Cc1cc(C)c2ccccc2c1C(=O)Cl. The van der Waals surface area contributed by atoms with Crippen molar-refractivity contribution in [1.82, 2.24) is 0 Å². The molecule has 0 aliphatic heterocycles. The summed E-state index contributed by atoms with van der Waals surface area (Å²) in [5, 5.41) is 1.64. The zero-order valence-corrected chi connectivity index (χ0v) is 9.43. The van der Waals surface area contributed by atoms with Gasteiger partial charge in [0.1, 0.15) is 0 Å². The van der Waals surface area contributed by atoms with Gasteiger partial charge in [-0.2, -0.15) is 0 Å². The van der Waals surface area contributed by atoms with Gasteiger partial charge in [-0.3, -0.25) is 4.79 Å². The Morgan fingerprint density at radius 1 is 1.07 bits per heavy atom. The Bertz CT molecular complexity index is 543. The lowest BCUT2D eigenvalue weighted by atomic mass is 9.96. The first-order valence-electron chi connectivity index (χ1n) is 4.80. The Hall–Kier alpha value is -1.34. The molecule has 0 N–H and O–H groups in total. The van der Waals surface area contributed by atoms with Gasteiger partial charge in [-0.1, -0.05) is 30.3 Å². The van der Waals surface area contributed by atoms with Crippen molar-refractivity contribution in [2.24, 2.45) is 0 Å². The zero-order chi connectivity index (χ0) is 11.0. The van der Waals surface area contributed by atoms with Crippen molar-refractivity contribution in [3.05, 3.63) is 47.0 Å². The first kappa shape index (κ1) is 10.2. The third kappa shape index (κ3) is 1.64. The maximum Gasteiger partial charge on any atom is 0.253 e. The van der Waals surface area contributed by atoms with Crippen LogP contribution in [-0.2, 0) is 0 Å². The van der Waals surface area contributed by atoms with Crippen LogP contribution in [0.3, 0.4) is 0 Å². The molecule has 0 heterocycles. The van der Waals surface area contributed by atoms with Gasteiger partial charge in [0, 0.05) is 5.56 Å². The monoisotopic (exact) mass is 218 g/mol. The van der Waals surface area contributed by atoms with Crippen LogP contribution in [0.4, 0.5) is 0 Å². The van der Waals surface area contributed by atoms with Crippen LogP contribution in [-0.4, -0.2) is 5.24 Å². The number of hydrogen-bond donors (Lipinski definition) is 0. The molecule has 2 aromatic rings. The first-order valence-corrected chi connectivity index (χ1v) is 5.18. The van der Waals surface area contributed by atoms with E-state index in [0.29, 0.717) is 5.56 Å². The molecule has 0 amide bonds. The lowest BCUT2D eigenvalue weighted by Gasteiger charge is -2.09. The number of rotatable bonds is 1.